The molecule has 1 nitrogen and oxygen atoms in total. The van der Waals surface area contributed by atoms with Crippen molar-refractivity contribution in [3.8, 4) is 0 Å². The zero-order valence-corrected chi connectivity index (χ0v) is 9.23. The van der Waals surface area contributed by atoms with Crippen LogP contribution in [0.1, 0.15) is 30.9 Å². The molecule has 0 atom stereocenters. The molecule has 0 aliphatic carbocycles. The van der Waals surface area contributed by atoms with Crippen LogP contribution in [0.5, 0.6) is 0 Å². The molecule has 2 heteroatoms. The molecule has 0 saturated heterocycles. The zero-order chi connectivity index (χ0) is 10.8. The summed E-state index contributed by atoms with van der Waals surface area (Å²) in [6.07, 6.45) is 5.28. The quantitative estimate of drug-likeness (QED) is 0.780. The van der Waals surface area contributed by atoms with E-state index < -0.39 is 0 Å². The molecule has 15 heavy (non-hydrogen) atoms. The Morgan fingerprint density at radius 2 is 2.13 bits per heavy atom. The maximum Gasteiger partial charge on any atom is 0.147 e. The SMILES string of the molecule is CCCCc1c[nH]c2c(F)cc(C)cc12. The summed E-state index contributed by atoms with van der Waals surface area (Å²) in [4.78, 5) is 3.02. The monoisotopic (exact) mass is 205 g/mol. The van der Waals surface area contributed by atoms with E-state index in [1.165, 1.54) is 12.0 Å². The number of hydrogen-bond donors (Lipinski definition) is 1. The summed E-state index contributed by atoms with van der Waals surface area (Å²) in [6.45, 7) is 4.10. The van der Waals surface area contributed by atoms with Crippen LogP contribution in [0.25, 0.3) is 10.9 Å². The van der Waals surface area contributed by atoms with Gasteiger partial charge in [0, 0.05) is 11.6 Å². The maximum atomic E-state index is 13.6. The topological polar surface area (TPSA) is 15.8 Å². The number of aromatic nitrogens is 1. The Balaban J connectivity index is 2.49. The largest absolute Gasteiger partial charge is 0.359 e. The summed E-state index contributed by atoms with van der Waals surface area (Å²) in [6, 6.07) is 3.63. The molecule has 1 N–H and O–H groups in total. The van der Waals surface area contributed by atoms with Gasteiger partial charge >= 0.3 is 0 Å². The fourth-order valence-corrected chi connectivity index (χ4v) is 1.95. The van der Waals surface area contributed by atoms with Crippen molar-refractivity contribution in [3.63, 3.8) is 0 Å². The van der Waals surface area contributed by atoms with Crippen molar-refractivity contribution in [1.82, 2.24) is 4.98 Å². The molecule has 0 radical (unpaired) electrons. The normalized spacial score (nSPS) is 11.1. The Morgan fingerprint density at radius 3 is 2.87 bits per heavy atom. The van der Waals surface area contributed by atoms with E-state index in [-0.39, 0.29) is 5.82 Å². The third-order valence-electron chi connectivity index (χ3n) is 2.77. The maximum absolute atomic E-state index is 13.6. The van der Waals surface area contributed by atoms with Crippen LogP contribution in [0, 0.1) is 12.7 Å². The van der Waals surface area contributed by atoms with Crippen molar-refractivity contribution in [1.29, 1.82) is 0 Å². The van der Waals surface area contributed by atoms with Crippen LogP contribution >= 0.6 is 0 Å². The van der Waals surface area contributed by atoms with Crippen molar-refractivity contribution < 1.29 is 4.39 Å². The fraction of sp³-hybridized carbons (Fsp3) is 0.385. The van der Waals surface area contributed by atoms with Crippen LogP contribution in [0.2, 0.25) is 0 Å². The van der Waals surface area contributed by atoms with Gasteiger partial charge in [-0.25, -0.2) is 4.39 Å². The highest BCUT2D eigenvalue weighted by Crippen LogP contribution is 2.23. The number of H-pyrrole nitrogens is 1. The first-order chi connectivity index (χ1) is 7.22. The Morgan fingerprint density at radius 1 is 1.33 bits per heavy atom. The van der Waals surface area contributed by atoms with Crippen LogP contribution in [-0.4, -0.2) is 4.98 Å². The highest BCUT2D eigenvalue weighted by molar-refractivity contribution is 5.84. The number of aromatic amines is 1. The molecule has 0 aliphatic rings. The van der Waals surface area contributed by atoms with Gasteiger partial charge in [-0.2, -0.15) is 0 Å². The van der Waals surface area contributed by atoms with Crippen LogP contribution < -0.4 is 0 Å². The van der Waals surface area contributed by atoms with E-state index in [0.29, 0.717) is 5.52 Å². The number of rotatable bonds is 3. The summed E-state index contributed by atoms with van der Waals surface area (Å²) in [5.74, 6) is -0.146. The highest BCUT2D eigenvalue weighted by Gasteiger charge is 2.07. The summed E-state index contributed by atoms with van der Waals surface area (Å²) < 4.78 is 13.6. The number of halogens is 1. The lowest BCUT2D eigenvalue weighted by Gasteiger charge is -1.99. The van der Waals surface area contributed by atoms with Gasteiger partial charge in [-0.3, -0.25) is 0 Å². The predicted octanol–water partition coefficient (Wildman–Crippen LogP) is 3.96. The van der Waals surface area contributed by atoms with Crippen LogP contribution in [0.4, 0.5) is 4.39 Å². The van der Waals surface area contributed by atoms with E-state index in [4.69, 9.17) is 0 Å². The molecule has 2 rings (SSSR count). The average molecular weight is 205 g/mol. The predicted molar refractivity (Wildman–Crippen MR) is 61.6 cm³/mol. The van der Waals surface area contributed by atoms with Gasteiger partial charge in [0.05, 0.1) is 5.52 Å². The van der Waals surface area contributed by atoms with Gasteiger partial charge in [-0.05, 0) is 43.0 Å². The van der Waals surface area contributed by atoms with Crippen molar-refractivity contribution in [2.75, 3.05) is 0 Å². The molecule has 1 heterocycles. The van der Waals surface area contributed by atoms with E-state index in [2.05, 4.69) is 18.0 Å². The molecule has 0 aliphatic heterocycles. The van der Waals surface area contributed by atoms with Crippen molar-refractivity contribution in [2.24, 2.45) is 0 Å². The second kappa shape index (κ2) is 4.05. The van der Waals surface area contributed by atoms with Gasteiger partial charge in [-0.1, -0.05) is 13.3 Å². The first kappa shape index (κ1) is 10.2. The Bertz CT molecular complexity index is 471. The summed E-state index contributed by atoms with van der Waals surface area (Å²) in [7, 11) is 0. The zero-order valence-electron chi connectivity index (χ0n) is 9.23. The van der Waals surface area contributed by atoms with Gasteiger partial charge in [0.15, 0.2) is 0 Å². The van der Waals surface area contributed by atoms with Crippen LogP contribution in [-0.2, 0) is 6.42 Å². The number of aryl methyl sites for hydroxylation is 2. The number of fused-ring (bicyclic) bond motifs is 1. The van der Waals surface area contributed by atoms with Crippen molar-refractivity contribution in [3.05, 3.63) is 35.3 Å². The summed E-state index contributed by atoms with van der Waals surface area (Å²) in [5, 5.41) is 1.04. The van der Waals surface area contributed by atoms with E-state index in [1.54, 1.807) is 6.07 Å². The molecule has 0 bridgehead atoms. The lowest BCUT2D eigenvalue weighted by molar-refractivity contribution is 0.636. The molecule has 0 spiro atoms. The van der Waals surface area contributed by atoms with Gasteiger partial charge < -0.3 is 4.98 Å². The van der Waals surface area contributed by atoms with Crippen molar-refractivity contribution >= 4 is 10.9 Å². The van der Waals surface area contributed by atoms with Crippen LogP contribution in [0.15, 0.2) is 18.3 Å². The summed E-state index contributed by atoms with van der Waals surface area (Å²) >= 11 is 0. The minimum atomic E-state index is -0.146. The number of nitrogens with one attached hydrogen (secondary N) is 1. The third kappa shape index (κ3) is 1.89. The van der Waals surface area contributed by atoms with E-state index in [1.807, 2.05) is 13.1 Å². The molecule has 1 aromatic carbocycles. The van der Waals surface area contributed by atoms with Gasteiger partial charge in [0.1, 0.15) is 5.82 Å². The van der Waals surface area contributed by atoms with Crippen LogP contribution in [0.3, 0.4) is 0 Å². The van der Waals surface area contributed by atoms with Gasteiger partial charge in [0.2, 0.25) is 0 Å². The van der Waals surface area contributed by atoms with E-state index >= 15 is 0 Å². The molecule has 80 valence electrons. The van der Waals surface area contributed by atoms with Gasteiger partial charge in [0.25, 0.3) is 0 Å². The number of hydrogen-bond acceptors (Lipinski definition) is 0. The molecule has 0 saturated carbocycles. The van der Waals surface area contributed by atoms with E-state index in [0.717, 1.165) is 23.8 Å². The summed E-state index contributed by atoms with van der Waals surface area (Å²) in [5.41, 5.74) is 2.86. The first-order valence-corrected chi connectivity index (χ1v) is 5.48. The molecule has 2 aromatic rings. The molecule has 1 aromatic heterocycles. The highest BCUT2D eigenvalue weighted by atomic mass is 19.1. The average Bonchev–Trinajstić information content (AvgIpc) is 2.58. The molecular formula is C13H16FN. The standard InChI is InChI=1S/C13H16FN/c1-3-4-5-10-8-15-13-11(10)6-9(2)7-12(13)14/h6-8,15H,3-5H2,1-2H3. The third-order valence-corrected chi connectivity index (χ3v) is 2.77. The lowest BCUT2D eigenvalue weighted by atomic mass is 10.1. The molecule has 0 unspecified atom stereocenters. The smallest absolute Gasteiger partial charge is 0.147 e. The minimum absolute atomic E-state index is 0.146. The Labute approximate surface area is 89.3 Å². The first-order valence-electron chi connectivity index (χ1n) is 5.48. The second-order valence-electron chi connectivity index (χ2n) is 4.09. The van der Waals surface area contributed by atoms with Crippen molar-refractivity contribution in [2.45, 2.75) is 33.1 Å². The number of benzene rings is 1. The van der Waals surface area contributed by atoms with Gasteiger partial charge in [-0.15, -0.1) is 0 Å². The molecule has 0 fully saturated rings. The second-order valence-corrected chi connectivity index (χ2v) is 4.09. The molecular weight excluding hydrogens is 189 g/mol. The number of unbranched alkanes of at least 4 members (excludes halogenated alkanes) is 1. The lowest BCUT2D eigenvalue weighted by Crippen LogP contribution is -1.84. The van der Waals surface area contributed by atoms with E-state index in [9.17, 15) is 4.39 Å². The minimum Gasteiger partial charge on any atom is -0.359 e. The Kier molecular flexibility index (Phi) is 2.76. The fourth-order valence-electron chi connectivity index (χ4n) is 1.95. The Hall–Kier alpha value is -1.31. The molecule has 0 amide bonds.